The number of aromatic nitrogens is 1. The summed E-state index contributed by atoms with van der Waals surface area (Å²) in [7, 11) is 0. The molecule has 2 aromatic rings. The predicted octanol–water partition coefficient (Wildman–Crippen LogP) is 2.86. The Kier molecular flexibility index (Phi) is 4.32. The number of halogens is 1. The molecular formula is C17H19FN2O3. The van der Waals surface area contributed by atoms with E-state index < -0.39 is 0 Å². The minimum Gasteiger partial charge on any atom is -0.466 e. The van der Waals surface area contributed by atoms with Crippen LogP contribution < -0.4 is 0 Å². The Hall–Kier alpha value is -2.37. The Balaban J connectivity index is 1.81. The predicted molar refractivity (Wildman–Crippen MR) is 83.6 cm³/mol. The van der Waals surface area contributed by atoms with E-state index in [1.54, 1.807) is 24.1 Å². The highest BCUT2D eigenvalue weighted by Crippen LogP contribution is 2.26. The smallest absolute Gasteiger partial charge is 0.307 e. The molecule has 1 atom stereocenters. The first-order valence-corrected chi connectivity index (χ1v) is 7.83. The number of benzene rings is 1. The van der Waals surface area contributed by atoms with Crippen LogP contribution in [-0.4, -0.2) is 41.0 Å². The number of H-pyrrole nitrogens is 1. The molecule has 1 aromatic heterocycles. The molecule has 5 nitrogen and oxygen atoms in total. The average molecular weight is 318 g/mol. The van der Waals surface area contributed by atoms with Gasteiger partial charge in [-0.05, 0) is 38.0 Å². The van der Waals surface area contributed by atoms with Crippen LogP contribution in [0.15, 0.2) is 24.4 Å². The molecule has 1 fully saturated rings. The van der Waals surface area contributed by atoms with Gasteiger partial charge in [0, 0.05) is 29.7 Å². The topological polar surface area (TPSA) is 62.4 Å². The van der Waals surface area contributed by atoms with Crippen molar-refractivity contribution in [3.63, 3.8) is 0 Å². The summed E-state index contributed by atoms with van der Waals surface area (Å²) in [4.78, 5) is 29.2. The molecule has 0 unspecified atom stereocenters. The van der Waals surface area contributed by atoms with Crippen LogP contribution in [0.5, 0.6) is 0 Å². The monoisotopic (exact) mass is 318 g/mol. The summed E-state index contributed by atoms with van der Waals surface area (Å²) in [6, 6.07) is 4.18. The maximum atomic E-state index is 13.3. The molecule has 1 aromatic carbocycles. The second kappa shape index (κ2) is 6.40. The van der Waals surface area contributed by atoms with Gasteiger partial charge in [-0.15, -0.1) is 0 Å². The maximum Gasteiger partial charge on any atom is 0.307 e. The maximum absolute atomic E-state index is 13.3. The van der Waals surface area contributed by atoms with Gasteiger partial charge in [-0.2, -0.15) is 0 Å². The third-order valence-electron chi connectivity index (χ3n) is 4.22. The summed E-state index contributed by atoms with van der Waals surface area (Å²) in [5.41, 5.74) is 1.10. The number of rotatable bonds is 4. The van der Waals surface area contributed by atoms with E-state index >= 15 is 0 Å². The summed E-state index contributed by atoms with van der Waals surface area (Å²) in [5.74, 6) is -0.757. The Morgan fingerprint density at radius 2 is 2.26 bits per heavy atom. The van der Waals surface area contributed by atoms with Crippen LogP contribution in [0.2, 0.25) is 0 Å². The summed E-state index contributed by atoms with van der Waals surface area (Å²) in [5, 5.41) is 0.693. The standard InChI is InChI=1S/C17H19FN2O3/c1-2-23-16(21)9-12-4-3-7-20(12)17(22)14-10-19-15-8-11(18)5-6-13(14)15/h5-6,8,10,12,19H,2-4,7,9H2,1H3/t12-/m1/s1. The first-order chi connectivity index (χ1) is 11.1. The van der Waals surface area contributed by atoms with Crippen molar-refractivity contribution in [2.24, 2.45) is 0 Å². The van der Waals surface area contributed by atoms with Crippen molar-refractivity contribution in [2.75, 3.05) is 13.2 Å². The molecule has 0 spiro atoms. The number of ether oxygens (including phenoxy) is 1. The molecule has 122 valence electrons. The average Bonchev–Trinajstić information content (AvgIpc) is 3.13. The number of hydrogen-bond acceptors (Lipinski definition) is 3. The van der Waals surface area contributed by atoms with Crippen molar-refractivity contribution in [1.29, 1.82) is 0 Å². The van der Waals surface area contributed by atoms with Crippen molar-refractivity contribution in [1.82, 2.24) is 9.88 Å². The van der Waals surface area contributed by atoms with Gasteiger partial charge in [-0.25, -0.2) is 4.39 Å². The molecule has 3 rings (SSSR count). The van der Waals surface area contributed by atoms with Gasteiger partial charge in [0.1, 0.15) is 5.82 Å². The van der Waals surface area contributed by atoms with Crippen LogP contribution in [0.4, 0.5) is 4.39 Å². The number of carbonyl (C=O) groups is 2. The zero-order valence-electron chi connectivity index (χ0n) is 13.0. The zero-order chi connectivity index (χ0) is 16.4. The number of nitrogens with zero attached hydrogens (tertiary/aromatic N) is 1. The van der Waals surface area contributed by atoms with E-state index in [1.807, 2.05) is 0 Å². The lowest BCUT2D eigenvalue weighted by Gasteiger charge is -2.23. The summed E-state index contributed by atoms with van der Waals surface area (Å²) in [6.45, 7) is 2.73. The third kappa shape index (κ3) is 3.06. The number of hydrogen-bond donors (Lipinski definition) is 1. The van der Waals surface area contributed by atoms with E-state index in [0.29, 0.717) is 29.6 Å². The number of aromatic amines is 1. The second-order valence-electron chi connectivity index (χ2n) is 5.70. The molecule has 6 heteroatoms. The van der Waals surface area contributed by atoms with Crippen LogP contribution in [-0.2, 0) is 9.53 Å². The number of fused-ring (bicyclic) bond motifs is 1. The highest BCUT2D eigenvalue weighted by Gasteiger charge is 2.32. The third-order valence-corrected chi connectivity index (χ3v) is 4.22. The van der Waals surface area contributed by atoms with E-state index in [0.717, 1.165) is 12.8 Å². The minimum atomic E-state index is -0.347. The van der Waals surface area contributed by atoms with Crippen molar-refractivity contribution in [2.45, 2.75) is 32.2 Å². The van der Waals surface area contributed by atoms with E-state index in [1.165, 1.54) is 12.1 Å². The van der Waals surface area contributed by atoms with E-state index in [4.69, 9.17) is 4.74 Å². The largest absolute Gasteiger partial charge is 0.466 e. The summed E-state index contributed by atoms with van der Waals surface area (Å²) < 4.78 is 18.2. The van der Waals surface area contributed by atoms with Crippen molar-refractivity contribution < 1.29 is 18.7 Å². The molecule has 1 N–H and O–H groups in total. The molecular weight excluding hydrogens is 299 g/mol. The molecule has 1 aliphatic rings. The highest BCUT2D eigenvalue weighted by molar-refractivity contribution is 6.07. The van der Waals surface area contributed by atoms with Gasteiger partial charge < -0.3 is 14.6 Å². The van der Waals surface area contributed by atoms with Gasteiger partial charge in [-0.3, -0.25) is 9.59 Å². The minimum absolute atomic E-state index is 0.130. The van der Waals surface area contributed by atoms with E-state index in [9.17, 15) is 14.0 Å². The van der Waals surface area contributed by atoms with Gasteiger partial charge in [0.05, 0.1) is 18.6 Å². The number of carbonyl (C=O) groups excluding carboxylic acids is 2. The van der Waals surface area contributed by atoms with Gasteiger partial charge in [0.25, 0.3) is 5.91 Å². The van der Waals surface area contributed by atoms with E-state index in [-0.39, 0.29) is 30.2 Å². The van der Waals surface area contributed by atoms with Crippen LogP contribution in [0, 0.1) is 5.82 Å². The SMILES string of the molecule is CCOC(=O)C[C@H]1CCCN1C(=O)c1c[nH]c2cc(F)ccc12. The number of esters is 1. The first kappa shape index (κ1) is 15.5. The quantitative estimate of drug-likeness (QED) is 0.882. The molecule has 23 heavy (non-hydrogen) atoms. The Labute approximate surface area is 133 Å². The van der Waals surface area contributed by atoms with E-state index in [2.05, 4.69) is 4.98 Å². The lowest BCUT2D eigenvalue weighted by molar-refractivity contribution is -0.144. The van der Waals surface area contributed by atoms with Crippen LogP contribution in [0.3, 0.4) is 0 Å². The van der Waals surface area contributed by atoms with Crippen LogP contribution in [0.1, 0.15) is 36.5 Å². The van der Waals surface area contributed by atoms with Crippen LogP contribution in [0.25, 0.3) is 10.9 Å². The first-order valence-electron chi connectivity index (χ1n) is 7.83. The number of likely N-dealkylation sites (tertiary alicyclic amines) is 1. The van der Waals surface area contributed by atoms with Gasteiger partial charge >= 0.3 is 5.97 Å². The molecule has 1 saturated heterocycles. The summed E-state index contributed by atoms with van der Waals surface area (Å²) >= 11 is 0. The molecule has 0 radical (unpaired) electrons. The zero-order valence-corrected chi connectivity index (χ0v) is 13.0. The fourth-order valence-electron chi connectivity index (χ4n) is 3.16. The Bertz CT molecular complexity index is 741. The van der Waals surface area contributed by atoms with Crippen LogP contribution >= 0.6 is 0 Å². The van der Waals surface area contributed by atoms with Crippen molar-refractivity contribution >= 4 is 22.8 Å². The molecule has 1 aliphatic heterocycles. The molecule has 0 aliphatic carbocycles. The molecule has 2 heterocycles. The normalized spacial score (nSPS) is 17.7. The Morgan fingerprint density at radius 1 is 1.43 bits per heavy atom. The molecule has 0 bridgehead atoms. The van der Waals surface area contributed by atoms with Crippen molar-refractivity contribution in [3.05, 3.63) is 35.8 Å². The lowest BCUT2D eigenvalue weighted by atomic mass is 10.1. The number of amides is 1. The second-order valence-corrected chi connectivity index (χ2v) is 5.70. The van der Waals surface area contributed by atoms with Gasteiger partial charge in [0.2, 0.25) is 0 Å². The summed E-state index contributed by atoms with van der Waals surface area (Å²) in [6.07, 6.45) is 3.48. The van der Waals surface area contributed by atoms with Gasteiger partial charge in [0.15, 0.2) is 0 Å². The lowest BCUT2D eigenvalue weighted by Crippen LogP contribution is -2.37. The van der Waals surface area contributed by atoms with Crippen molar-refractivity contribution in [3.8, 4) is 0 Å². The fraction of sp³-hybridized carbons (Fsp3) is 0.412. The fourth-order valence-corrected chi connectivity index (χ4v) is 3.16. The highest BCUT2D eigenvalue weighted by atomic mass is 19.1. The molecule has 0 saturated carbocycles. The van der Waals surface area contributed by atoms with Gasteiger partial charge in [-0.1, -0.05) is 0 Å². The Morgan fingerprint density at radius 3 is 3.04 bits per heavy atom. The number of nitrogens with one attached hydrogen (secondary N) is 1. The molecule has 1 amide bonds.